The maximum absolute atomic E-state index is 13.8. The summed E-state index contributed by atoms with van der Waals surface area (Å²) in [6.45, 7) is 4.15. The molecule has 0 saturated carbocycles. The Kier molecular flexibility index (Phi) is 6.67. The fourth-order valence-corrected chi connectivity index (χ4v) is 5.15. The van der Waals surface area contributed by atoms with Crippen LogP contribution in [0.5, 0.6) is 0 Å². The van der Waals surface area contributed by atoms with Gasteiger partial charge in [-0.15, -0.1) is 0 Å². The molecule has 1 amide bonds. The quantitative estimate of drug-likeness (QED) is 0.262. The van der Waals surface area contributed by atoms with Crippen molar-refractivity contribution < 1.29 is 4.79 Å². The Hall–Kier alpha value is -2.75. The van der Waals surface area contributed by atoms with Gasteiger partial charge < -0.3 is 9.47 Å². The van der Waals surface area contributed by atoms with Crippen LogP contribution in [0.2, 0.25) is 10.0 Å². The molecule has 5 heteroatoms. The van der Waals surface area contributed by atoms with Crippen LogP contribution >= 0.6 is 23.2 Å². The van der Waals surface area contributed by atoms with Gasteiger partial charge in [0, 0.05) is 40.6 Å². The first kappa shape index (κ1) is 23.0. The minimum atomic E-state index is 0.0940. The largest absolute Gasteiger partial charge is 0.333 e. The van der Waals surface area contributed by atoms with E-state index in [0.29, 0.717) is 29.7 Å². The van der Waals surface area contributed by atoms with Crippen molar-refractivity contribution >= 4 is 40.0 Å². The Bertz CT molecular complexity index is 1320. The minimum absolute atomic E-state index is 0.0940. The minimum Gasteiger partial charge on any atom is -0.333 e. The van der Waals surface area contributed by atoms with Crippen molar-refractivity contribution in [2.24, 2.45) is 0 Å². The highest BCUT2D eigenvalue weighted by Gasteiger charge is 2.31. The predicted molar refractivity (Wildman–Crippen MR) is 141 cm³/mol. The number of fused-ring (bicyclic) bond motifs is 3. The van der Waals surface area contributed by atoms with Gasteiger partial charge in [-0.3, -0.25) is 4.79 Å². The molecule has 0 radical (unpaired) electrons. The monoisotopic (exact) mass is 490 g/mol. The molecular formula is C29H28Cl2N2O. The zero-order valence-electron chi connectivity index (χ0n) is 19.4. The molecule has 0 N–H and O–H groups in total. The van der Waals surface area contributed by atoms with E-state index in [1.807, 2.05) is 53.4 Å². The van der Waals surface area contributed by atoms with E-state index < -0.39 is 0 Å². The highest BCUT2D eigenvalue weighted by Crippen LogP contribution is 2.33. The smallest absolute Gasteiger partial charge is 0.271 e. The van der Waals surface area contributed by atoms with Crippen molar-refractivity contribution in [2.75, 3.05) is 6.54 Å². The maximum Gasteiger partial charge on any atom is 0.271 e. The van der Waals surface area contributed by atoms with Crippen LogP contribution in [-0.4, -0.2) is 21.9 Å². The van der Waals surface area contributed by atoms with Crippen molar-refractivity contribution in [1.82, 2.24) is 9.47 Å². The SMILES string of the molecule is CCCCc1ccc2c(c1)c1c(n2Cc2ccc(Cl)cc2)C(=O)N(Cc2ccc(Cl)cc2)CC1. The van der Waals surface area contributed by atoms with Crippen LogP contribution in [0.25, 0.3) is 10.9 Å². The molecule has 1 aliphatic rings. The van der Waals surface area contributed by atoms with Crippen LogP contribution in [0.15, 0.2) is 66.7 Å². The molecule has 3 nitrogen and oxygen atoms in total. The molecular weight excluding hydrogens is 463 g/mol. The van der Waals surface area contributed by atoms with Crippen LogP contribution < -0.4 is 0 Å². The third-order valence-corrected chi connectivity index (χ3v) is 7.22. The predicted octanol–water partition coefficient (Wildman–Crippen LogP) is 7.54. The summed E-state index contributed by atoms with van der Waals surface area (Å²) in [5.41, 5.74) is 6.68. The van der Waals surface area contributed by atoms with Gasteiger partial charge in [0.25, 0.3) is 5.91 Å². The first-order chi connectivity index (χ1) is 16.5. The summed E-state index contributed by atoms with van der Waals surface area (Å²) in [6.07, 6.45) is 4.27. The van der Waals surface area contributed by atoms with Crippen molar-refractivity contribution in [1.29, 1.82) is 0 Å². The highest BCUT2D eigenvalue weighted by molar-refractivity contribution is 6.30. The number of aryl methyl sites for hydroxylation is 1. The van der Waals surface area contributed by atoms with Crippen molar-refractivity contribution in [3.05, 3.63) is 105 Å². The molecule has 4 aromatic rings. The Balaban J connectivity index is 1.56. The van der Waals surface area contributed by atoms with E-state index in [1.165, 1.54) is 29.4 Å². The van der Waals surface area contributed by atoms with Gasteiger partial charge in [0.2, 0.25) is 0 Å². The standard InChI is InChI=1S/C29H28Cl2N2O/c1-2-3-4-20-9-14-27-26(17-20)25-15-16-32(18-21-5-10-23(30)11-6-21)29(34)28(25)33(27)19-22-7-12-24(31)13-8-22/h5-14,17H,2-4,15-16,18-19H2,1H3. The normalized spacial score (nSPS) is 13.5. The summed E-state index contributed by atoms with van der Waals surface area (Å²) >= 11 is 12.2. The van der Waals surface area contributed by atoms with Crippen LogP contribution in [0, 0.1) is 0 Å². The average Bonchev–Trinajstić information content (AvgIpc) is 3.15. The van der Waals surface area contributed by atoms with Gasteiger partial charge >= 0.3 is 0 Å². The van der Waals surface area contributed by atoms with Gasteiger partial charge in [-0.05, 0) is 77.9 Å². The topological polar surface area (TPSA) is 25.2 Å². The Labute approximate surface area is 210 Å². The molecule has 0 unspecified atom stereocenters. The van der Waals surface area contributed by atoms with Gasteiger partial charge in [0.15, 0.2) is 0 Å². The summed E-state index contributed by atoms with van der Waals surface area (Å²) in [4.78, 5) is 15.8. The van der Waals surface area contributed by atoms with Crippen LogP contribution in [0.4, 0.5) is 0 Å². The van der Waals surface area contributed by atoms with E-state index in [0.717, 1.165) is 35.2 Å². The molecule has 0 spiro atoms. The number of halogens is 2. The number of carbonyl (C=O) groups excluding carboxylic acids is 1. The van der Waals surface area contributed by atoms with E-state index >= 15 is 0 Å². The molecule has 0 aliphatic carbocycles. The number of rotatable bonds is 7. The zero-order valence-corrected chi connectivity index (χ0v) is 20.9. The van der Waals surface area contributed by atoms with Crippen molar-refractivity contribution in [3.8, 4) is 0 Å². The lowest BCUT2D eigenvalue weighted by Gasteiger charge is -2.28. The zero-order chi connectivity index (χ0) is 23.7. The fourth-order valence-electron chi connectivity index (χ4n) is 4.90. The molecule has 1 aromatic heterocycles. The molecule has 0 fully saturated rings. The van der Waals surface area contributed by atoms with Gasteiger partial charge in [-0.1, -0.05) is 66.9 Å². The molecule has 0 atom stereocenters. The first-order valence-corrected chi connectivity index (χ1v) is 12.7. The van der Waals surface area contributed by atoms with Crippen LogP contribution in [0.1, 0.15) is 52.5 Å². The van der Waals surface area contributed by atoms with Crippen LogP contribution in [0.3, 0.4) is 0 Å². The third kappa shape index (κ3) is 4.60. The molecule has 1 aliphatic heterocycles. The number of carbonyl (C=O) groups is 1. The molecule has 2 heterocycles. The van der Waals surface area contributed by atoms with Gasteiger partial charge in [-0.25, -0.2) is 0 Å². The number of nitrogens with zero attached hydrogens (tertiary/aromatic N) is 2. The highest BCUT2D eigenvalue weighted by atomic mass is 35.5. The van der Waals surface area contributed by atoms with Gasteiger partial charge in [0.1, 0.15) is 5.69 Å². The second-order valence-corrected chi connectivity index (χ2v) is 9.97. The lowest BCUT2D eigenvalue weighted by Crippen LogP contribution is -2.38. The Morgan fingerprint density at radius 1 is 0.824 bits per heavy atom. The summed E-state index contributed by atoms with van der Waals surface area (Å²) in [6, 6.07) is 22.4. The molecule has 3 aromatic carbocycles. The molecule has 174 valence electrons. The van der Waals surface area contributed by atoms with Gasteiger partial charge in [-0.2, -0.15) is 0 Å². The summed E-state index contributed by atoms with van der Waals surface area (Å²) in [5.74, 6) is 0.0940. The lowest BCUT2D eigenvalue weighted by molar-refractivity contribution is 0.0716. The lowest BCUT2D eigenvalue weighted by atomic mass is 9.99. The second kappa shape index (κ2) is 9.85. The Morgan fingerprint density at radius 2 is 1.44 bits per heavy atom. The van der Waals surface area contributed by atoms with E-state index in [1.54, 1.807) is 0 Å². The van der Waals surface area contributed by atoms with E-state index in [2.05, 4.69) is 29.7 Å². The molecule has 0 bridgehead atoms. The number of unbranched alkanes of at least 4 members (excludes halogenated alkanes) is 1. The summed E-state index contributed by atoms with van der Waals surface area (Å²) in [7, 11) is 0. The van der Waals surface area contributed by atoms with E-state index in [-0.39, 0.29) is 5.91 Å². The number of hydrogen-bond donors (Lipinski definition) is 0. The number of amides is 1. The van der Waals surface area contributed by atoms with Crippen LogP contribution in [-0.2, 0) is 25.9 Å². The fraction of sp³-hybridized carbons (Fsp3) is 0.276. The summed E-state index contributed by atoms with van der Waals surface area (Å²) in [5, 5.41) is 2.64. The van der Waals surface area contributed by atoms with Crippen molar-refractivity contribution in [2.45, 2.75) is 45.7 Å². The Morgan fingerprint density at radius 3 is 2.09 bits per heavy atom. The molecule has 0 saturated heterocycles. The maximum atomic E-state index is 13.8. The number of benzene rings is 3. The number of aromatic nitrogens is 1. The first-order valence-electron chi connectivity index (χ1n) is 12.0. The third-order valence-electron chi connectivity index (χ3n) is 6.71. The molecule has 5 rings (SSSR count). The second-order valence-electron chi connectivity index (χ2n) is 9.10. The molecule has 34 heavy (non-hydrogen) atoms. The average molecular weight is 491 g/mol. The van der Waals surface area contributed by atoms with E-state index in [4.69, 9.17) is 23.2 Å². The number of hydrogen-bond acceptors (Lipinski definition) is 1. The summed E-state index contributed by atoms with van der Waals surface area (Å²) < 4.78 is 2.20. The van der Waals surface area contributed by atoms with Gasteiger partial charge in [0.05, 0.1) is 0 Å². The van der Waals surface area contributed by atoms with Crippen molar-refractivity contribution in [3.63, 3.8) is 0 Å². The van der Waals surface area contributed by atoms with E-state index in [9.17, 15) is 4.79 Å².